The highest BCUT2D eigenvalue weighted by atomic mass is 16.5. The van der Waals surface area contributed by atoms with Crippen molar-refractivity contribution >= 4 is 40.7 Å². The molecule has 5 amide bonds. The van der Waals surface area contributed by atoms with Crippen molar-refractivity contribution < 1.29 is 28.3 Å². The second-order valence-corrected chi connectivity index (χ2v) is 9.65. The van der Waals surface area contributed by atoms with Crippen LogP contribution in [0.5, 0.6) is 5.75 Å². The van der Waals surface area contributed by atoms with Gasteiger partial charge in [0, 0.05) is 51.3 Å². The lowest BCUT2D eigenvalue weighted by molar-refractivity contribution is -0.129. The number of hydrogen-bond acceptors (Lipinski definition) is 8. The molecule has 0 saturated carbocycles. The lowest BCUT2D eigenvalue weighted by Crippen LogP contribution is -2.52. The number of ether oxygens (including phenoxy) is 1. The van der Waals surface area contributed by atoms with Crippen molar-refractivity contribution in [3.8, 4) is 5.75 Å². The number of anilines is 1. The molecule has 2 N–H and O–H groups in total. The zero-order chi connectivity index (χ0) is 26.6. The molecule has 0 bridgehead atoms. The van der Waals surface area contributed by atoms with Crippen LogP contribution >= 0.6 is 0 Å². The molecular weight excluding hydrogens is 492 g/mol. The summed E-state index contributed by atoms with van der Waals surface area (Å²) >= 11 is 0. The van der Waals surface area contributed by atoms with Crippen molar-refractivity contribution in [2.75, 3.05) is 44.7 Å². The van der Waals surface area contributed by atoms with E-state index in [2.05, 4.69) is 15.5 Å². The highest BCUT2D eigenvalue weighted by Crippen LogP contribution is 2.35. The number of pyridine rings is 1. The first kappa shape index (κ1) is 23.8. The number of fused-ring (bicyclic) bond motifs is 2. The summed E-state index contributed by atoms with van der Waals surface area (Å²) < 4.78 is 11.3. The average molecular weight is 519 g/mol. The summed E-state index contributed by atoms with van der Waals surface area (Å²) in [5.41, 5.74) is 0.634. The van der Waals surface area contributed by atoms with E-state index in [1.54, 1.807) is 36.1 Å². The number of benzene rings is 1. The van der Waals surface area contributed by atoms with Crippen molar-refractivity contribution in [3.63, 3.8) is 0 Å². The zero-order valence-corrected chi connectivity index (χ0v) is 20.9. The molecule has 6 rings (SSSR count). The number of furan rings is 1. The van der Waals surface area contributed by atoms with Crippen LogP contribution in [-0.4, -0.2) is 78.4 Å². The number of carbonyl (C=O) groups excluding carboxylic acids is 4. The Hall–Kier alpha value is -4.61. The van der Waals surface area contributed by atoms with Crippen LogP contribution in [0.1, 0.15) is 28.6 Å². The maximum atomic E-state index is 13.2. The minimum atomic E-state index is -1.62. The SMILES string of the molecule is COc1ccc2c(c1)C(=O)N(CC1(c3cc4nc(N5CCN(C(C)=O)CC5)ccc4o3)NC(=O)NC1=O)C2. The fourth-order valence-electron chi connectivity index (χ4n) is 5.29. The van der Waals surface area contributed by atoms with E-state index >= 15 is 0 Å². The summed E-state index contributed by atoms with van der Waals surface area (Å²) in [5.74, 6) is 0.636. The Morgan fingerprint density at radius 1 is 1.11 bits per heavy atom. The van der Waals surface area contributed by atoms with Gasteiger partial charge in [0.05, 0.1) is 13.7 Å². The number of hydrogen-bond donors (Lipinski definition) is 2. The number of carbonyl (C=O) groups is 4. The van der Waals surface area contributed by atoms with Gasteiger partial charge >= 0.3 is 6.03 Å². The molecule has 3 aliphatic rings. The topological polar surface area (TPSA) is 137 Å². The monoisotopic (exact) mass is 518 g/mol. The molecule has 3 aliphatic heterocycles. The van der Waals surface area contributed by atoms with Crippen LogP contribution in [0.2, 0.25) is 0 Å². The molecule has 12 nitrogen and oxygen atoms in total. The lowest BCUT2D eigenvalue weighted by Gasteiger charge is -2.34. The van der Waals surface area contributed by atoms with E-state index in [4.69, 9.17) is 14.1 Å². The molecule has 5 heterocycles. The number of piperazine rings is 1. The predicted octanol–water partition coefficient (Wildman–Crippen LogP) is 1.20. The third-order valence-corrected chi connectivity index (χ3v) is 7.39. The molecule has 1 aromatic carbocycles. The molecule has 2 saturated heterocycles. The van der Waals surface area contributed by atoms with Crippen molar-refractivity contribution in [2.24, 2.45) is 0 Å². The second-order valence-electron chi connectivity index (χ2n) is 9.65. The van der Waals surface area contributed by atoms with Crippen LogP contribution in [0.15, 0.2) is 40.8 Å². The quantitative estimate of drug-likeness (QED) is 0.481. The molecular formula is C26H26N6O6. The number of imide groups is 1. The summed E-state index contributed by atoms with van der Waals surface area (Å²) in [6, 6.07) is 9.81. The maximum Gasteiger partial charge on any atom is 0.322 e. The number of methoxy groups -OCH3 is 1. The molecule has 2 aromatic heterocycles. The molecule has 1 atom stereocenters. The minimum absolute atomic E-state index is 0.0495. The van der Waals surface area contributed by atoms with E-state index in [9.17, 15) is 19.2 Å². The van der Waals surface area contributed by atoms with Crippen molar-refractivity contribution in [1.29, 1.82) is 0 Å². The van der Waals surface area contributed by atoms with Crippen LogP contribution in [0.3, 0.4) is 0 Å². The summed E-state index contributed by atoms with van der Waals surface area (Å²) in [6.45, 7) is 4.23. The van der Waals surface area contributed by atoms with E-state index in [0.717, 1.165) is 11.4 Å². The molecule has 3 aromatic rings. The van der Waals surface area contributed by atoms with Gasteiger partial charge in [0.2, 0.25) is 5.91 Å². The molecule has 1 unspecified atom stereocenters. The second kappa shape index (κ2) is 8.75. The first-order valence-corrected chi connectivity index (χ1v) is 12.3. The fourth-order valence-corrected chi connectivity index (χ4v) is 5.29. The van der Waals surface area contributed by atoms with E-state index in [1.807, 2.05) is 12.1 Å². The Morgan fingerprint density at radius 3 is 2.58 bits per heavy atom. The van der Waals surface area contributed by atoms with Crippen LogP contribution in [0.4, 0.5) is 10.6 Å². The van der Waals surface area contributed by atoms with Gasteiger partial charge in [-0.3, -0.25) is 19.7 Å². The molecule has 38 heavy (non-hydrogen) atoms. The van der Waals surface area contributed by atoms with Gasteiger partial charge in [0.1, 0.15) is 22.8 Å². The molecule has 0 aliphatic carbocycles. The minimum Gasteiger partial charge on any atom is -0.497 e. The van der Waals surface area contributed by atoms with Gasteiger partial charge in [-0.2, -0.15) is 0 Å². The van der Waals surface area contributed by atoms with E-state index in [-0.39, 0.29) is 30.7 Å². The third kappa shape index (κ3) is 3.80. The zero-order valence-electron chi connectivity index (χ0n) is 20.9. The lowest BCUT2D eigenvalue weighted by atomic mass is 9.95. The standard InChI is InChI=1S/C26H26N6O6/c1-15(33)30-7-9-31(10-8-30)22-6-5-20-19(27-22)12-21(38-20)26(24(35)28-25(36)29-26)14-32-13-16-3-4-17(37-2)11-18(16)23(32)34/h3-6,11-12H,7-10,13-14H2,1-2H3,(H2,28,29,35,36). The Labute approximate surface area is 217 Å². The van der Waals surface area contributed by atoms with Crippen molar-refractivity contribution in [3.05, 3.63) is 53.3 Å². The van der Waals surface area contributed by atoms with Crippen molar-refractivity contribution in [2.45, 2.75) is 19.0 Å². The van der Waals surface area contributed by atoms with E-state index < -0.39 is 17.5 Å². The highest BCUT2D eigenvalue weighted by molar-refractivity contribution is 6.08. The van der Waals surface area contributed by atoms with Crippen LogP contribution in [0, 0.1) is 0 Å². The maximum absolute atomic E-state index is 13.2. The number of amides is 5. The van der Waals surface area contributed by atoms with Gasteiger partial charge < -0.3 is 29.2 Å². The smallest absolute Gasteiger partial charge is 0.322 e. The van der Waals surface area contributed by atoms with Crippen LogP contribution in [-0.2, 0) is 21.7 Å². The number of urea groups is 1. The molecule has 196 valence electrons. The van der Waals surface area contributed by atoms with E-state index in [1.165, 1.54) is 12.0 Å². The summed E-state index contributed by atoms with van der Waals surface area (Å²) in [6.07, 6.45) is 0. The average Bonchev–Trinajstić information content (AvgIpc) is 3.57. The van der Waals surface area contributed by atoms with Crippen LogP contribution < -0.4 is 20.3 Å². The summed E-state index contributed by atoms with van der Waals surface area (Å²) in [5, 5.41) is 4.98. The first-order chi connectivity index (χ1) is 18.3. The van der Waals surface area contributed by atoms with Gasteiger partial charge in [-0.05, 0) is 29.8 Å². The number of rotatable bonds is 5. The molecule has 2 fully saturated rings. The largest absolute Gasteiger partial charge is 0.497 e. The molecule has 0 radical (unpaired) electrons. The number of nitrogens with zero attached hydrogens (tertiary/aromatic N) is 4. The Kier molecular flexibility index (Phi) is 5.47. The Bertz CT molecular complexity index is 1490. The fraction of sp³-hybridized carbons (Fsp3) is 0.346. The Morgan fingerprint density at radius 2 is 1.89 bits per heavy atom. The van der Waals surface area contributed by atoms with Crippen molar-refractivity contribution in [1.82, 2.24) is 25.4 Å². The van der Waals surface area contributed by atoms with Gasteiger partial charge in [-0.15, -0.1) is 0 Å². The third-order valence-electron chi connectivity index (χ3n) is 7.39. The Balaban J connectivity index is 1.30. The number of aromatic nitrogens is 1. The van der Waals surface area contributed by atoms with Gasteiger partial charge in [-0.25, -0.2) is 9.78 Å². The predicted molar refractivity (Wildman–Crippen MR) is 135 cm³/mol. The summed E-state index contributed by atoms with van der Waals surface area (Å²) in [7, 11) is 1.53. The highest BCUT2D eigenvalue weighted by Gasteiger charge is 2.53. The first-order valence-electron chi connectivity index (χ1n) is 12.3. The van der Waals surface area contributed by atoms with E-state index in [0.29, 0.717) is 48.6 Å². The van der Waals surface area contributed by atoms with Gasteiger partial charge in [0.25, 0.3) is 11.8 Å². The summed E-state index contributed by atoms with van der Waals surface area (Å²) in [4.78, 5) is 60.5. The van der Waals surface area contributed by atoms with Gasteiger partial charge in [0.15, 0.2) is 11.1 Å². The van der Waals surface area contributed by atoms with Crippen LogP contribution in [0.25, 0.3) is 11.1 Å². The van der Waals surface area contributed by atoms with Gasteiger partial charge in [-0.1, -0.05) is 6.07 Å². The number of nitrogens with one attached hydrogen (secondary N) is 2. The molecule has 0 spiro atoms. The molecule has 12 heteroatoms. The normalized spacial score (nSPS) is 21.1.